The van der Waals surface area contributed by atoms with E-state index >= 15 is 0 Å². The van der Waals surface area contributed by atoms with E-state index in [1.807, 2.05) is 12.1 Å². The number of benzene rings is 2. The number of carbonyl (C=O) groups excluding carboxylic acids is 1. The molecule has 6 nitrogen and oxygen atoms in total. The van der Waals surface area contributed by atoms with Gasteiger partial charge >= 0.3 is 6.18 Å². The summed E-state index contributed by atoms with van der Waals surface area (Å²) in [5.74, 6) is -0.516. The molecule has 34 heavy (non-hydrogen) atoms. The Kier molecular flexibility index (Phi) is 7.55. The average molecular weight is 477 g/mol. The SMILES string of the molecule is O=C(C1=C[C@@H](c2ccc(C(F)(F)F)cc2)C[C@@H](OCc2ccc(CO)cc2)O1)N1CCOCC1. The molecule has 2 aliphatic heterocycles. The maximum atomic E-state index is 13.1. The normalized spacial score (nSPS) is 21.1. The number of aliphatic hydroxyl groups is 1. The quantitative estimate of drug-likeness (QED) is 0.682. The van der Waals surface area contributed by atoms with Crippen LogP contribution in [0, 0.1) is 0 Å². The molecule has 1 amide bonds. The first kappa shape index (κ1) is 24.3. The minimum absolute atomic E-state index is 0.0561. The summed E-state index contributed by atoms with van der Waals surface area (Å²) >= 11 is 0. The molecule has 0 aromatic heterocycles. The molecule has 0 saturated carbocycles. The molecule has 2 atom stereocenters. The van der Waals surface area contributed by atoms with Crippen molar-refractivity contribution in [3.8, 4) is 0 Å². The van der Waals surface area contributed by atoms with Gasteiger partial charge in [0.25, 0.3) is 5.91 Å². The van der Waals surface area contributed by atoms with Crippen molar-refractivity contribution in [2.45, 2.75) is 38.0 Å². The van der Waals surface area contributed by atoms with Crippen LogP contribution in [-0.4, -0.2) is 48.5 Å². The zero-order valence-corrected chi connectivity index (χ0v) is 18.5. The molecule has 0 bridgehead atoms. The Labute approximate surface area is 195 Å². The second kappa shape index (κ2) is 10.6. The van der Waals surface area contributed by atoms with Gasteiger partial charge in [0.05, 0.1) is 32.0 Å². The molecule has 4 rings (SSSR count). The van der Waals surface area contributed by atoms with Crippen LogP contribution in [0.15, 0.2) is 60.4 Å². The molecule has 182 valence electrons. The van der Waals surface area contributed by atoms with Gasteiger partial charge in [0, 0.05) is 25.4 Å². The average Bonchev–Trinajstić information content (AvgIpc) is 2.87. The summed E-state index contributed by atoms with van der Waals surface area (Å²) in [6, 6.07) is 12.2. The van der Waals surface area contributed by atoms with Crippen molar-refractivity contribution in [1.29, 1.82) is 0 Å². The Hall–Kier alpha value is -2.88. The van der Waals surface area contributed by atoms with E-state index in [0.717, 1.165) is 23.3 Å². The number of carbonyl (C=O) groups is 1. The van der Waals surface area contributed by atoms with Gasteiger partial charge in [-0.3, -0.25) is 4.79 Å². The number of alkyl halides is 3. The van der Waals surface area contributed by atoms with Crippen LogP contribution in [0.2, 0.25) is 0 Å². The van der Waals surface area contributed by atoms with E-state index in [4.69, 9.17) is 14.2 Å². The summed E-state index contributed by atoms with van der Waals surface area (Å²) in [6.45, 7) is 1.91. The van der Waals surface area contributed by atoms with Crippen molar-refractivity contribution >= 4 is 5.91 Å². The first-order valence-corrected chi connectivity index (χ1v) is 11.1. The highest BCUT2D eigenvalue weighted by atomic mass is 19.4. The van der Waals surface area contributed by atoms with Crippen LogP contribution in [0.5, 0.6) is 0 Å². The number of rotatable bonds is 6. The molecule has 0 aliphatic carbocycles. The van der Waals surface area contributed by atoms with Gasteiger partial charge in [-0.1, -0.05) is 36.4 Å². The second-order valence-corrected chi connectivity index (χ2v) is 8.23. The number of hydrogen-bond acceptors (Lipinski definition) is 5. The lowest BCUT2D eigenvalue weighted by molar-refractivity contribution is -0.158. The minimum atomic E-state index is -4.42. The topological polar surface area (TPSA) is 68.2 Å². The van der Waals surface area contributed by atoms with Crippen molar-refractivity contribution < 1.29 is 37.3 Å². The van der Waals surface area contributed by atoms with Gasteiger partial charge in [0.15, 0.2) is 5.76 Å². The van der Waals surface area contributed by atoms with E-state index in [0.29, 0.717) is 38.3 Å². The van der Waals surface area contributed by atoms with Crippen LogP contribution in [-0.2, 0) is 38.4 Å². The molecular formula is C25H26F3NO5. The van der Waals surface area contributed by atoms with Crippen LogP contribution in [0.25, 0.3) is 0 Å². The van der Waals surface area contributed by atoms with E-state index in [9.17, 15) is 23.1 Å². The molecule has 9 heteroatoms. The van der Waals surface area contributed by atoms with Gasteiger partial charge < -0.3 is 24.2 Å². The summed E-state index contributed by atoms with van der Waals surface area (Å²) in [6.07, 6.45) is -3.16. The predicted molar refractivity (Wildman–Crippen MR) is 116 cm³/mol. The van der Waals surface area contributed by atoms with Crippen molar-refractivity contribution in [2.24, 2.45) is 0 Å². The number of ether oxygens (including phenoxy) is 3. The molecule has 1 saturated heterocycles. The monoisotopic (exact) mass is 477 g/mol. The number of amides is 1. The van der Waals surface area contributed by atoms with E-state index in [2.05, 4.69) is 0 Å². The van der Waals surface area contributed by atoms with E-state index in [1.54, 1.807) is 23.1 Å². The fourth-order valence-corrected chi connectivity index (χ4v) is 3.91. The molecule has 2 aliphatic rings. The lowest BCUT2D eigenvalue weighted by Gasteiger charge is -2.33. The van der Waals surface area contributed by atoms with E-state index in [1.165, 1.54) is 12.1 Å². The van der Waals surface area contributed by atoms with E-state index in [-0.39, 0.29) is 30.8 Å². The molecule has 2 heterocycles. The van der Waals surface area contributed by atoms with Gasteiger partial charge in [-0.2, -0.15) is 13.2 Å². The number of morpholine rings is 1. The van der Waals surface area contributed by atoms with Gasteiger partial charge in [0.2, 0.25) is 6.29 Å². The Bertz CT molecular complexity index is 999. The number of hydrogen-bond donors (Lipinski definition) is 1. The van der Waals surface area contributed by atoms with Crippen LogP contribution >= 0.6 is 0 Å². The van der Waals surface area contributed by atoms with Gasteiger partial charge in [0.1, 0.15) is 0 Å². The first-order chi connectivity index (χ1) is 16.3. The number of nitrogens with zero attached hydrogens (tertiary/aromatic N) is 1. The number of aliphatic hydroxyl groups excluding tert-OH is 1. The van der Waals surface area contributed by atoms with Crippen molar-refractivity contribution in [1.82, 2.24) is 4.90 Å². The lowest BCUT2D eigenvalue weighted by Crippen LogP contribution is -2.43. The zero-order valence-electron chi connectivity index (χ0n) is 18.5. The zero-order chi connectivity index (χ0) is 24.1. The molecule has 0 unspecified atom stereocenters. The maximum Gasteiger partial charge on any atom is 0.416 e. The largest absolute Gasteiger partial charge is 0.459 e. The number of allylic oxidation sites excluding steroid dienone is 1. The molecule has 0 spiro atoms. The first-order valence-electron chi connectivity index (χ1n) is 11.1. The standard InChI is InChI=1S/C25H26F3NO5/c26-25(27,28)21-7-5-19(6-8-21)20-13-22(24(31)29-9-11-32-12-10-29)34-23(14-20)33-16-18-3-1-17(15-30)2-4-18/h1-8,13,20,23,30H,9-12,14-16H2/t20-,23+/m1/s1. The van der Waals surface area contributed by atoms with Crippen LogP contribution in [0.3, 0.4) is 0 Å². The van der Waals surface area contributed by atoms with Crippen molar-refractivity contribution in [3.63, 3.8) is 0 Å². The summed E-state index contributed by atoms with van der Waals surface area (Å²) in [5.41, 5.74) is 1.56. The van der Waals surface area contributed by atoms with E-state index < -0.39 is 18.0 Å². The Morgan fingerprint density at radius 3 is 2.29 bits per heavy atom. The van der Waals surface area contributed by atoms with Gasteiger partial charge in [-0.05, 0) is 34.9 Å². The molecule has 1 fully saturated rings. The highest BCUT2D eigenvalue weighted by molar-refractivity contribution is 5.91. The number of halogens is 3. The molecule has 2 aromatic carbocycles. The lowest BCUT2D eigenvalue weighted by atomic mass is 9.92. The smallest absolute Gasteiger partial charge is 0.416 e. The Morgan fingerprint density at radius 1 is 1.03 bits per heavy atom. The predicted octanol–water partition coefficient (Wildman–Crippen LogP) is 3.99. The van der Waals surface area contributed by atoms with Crippen LogP contribution < -0.4 is 0 Å². The fourth-order valence-electron chi connectivity index (χ4n) is 3.91. The second-order valence-electron chi connectivity index (χ2n) is 8.23. The Morgan fingerprint density at radius 2 is 1.68 bits per heavy atom. The third kappa shape index (κ3) is 5.97. The molecule has 2 aromatic rings. The van der Waals surface area contributed by atoms with Crippen LogP contribution in [0.1, 0.15) is 34.6 Å². The summed E-state index contributed by atoms with van der Waals surface area (Å²) in [5, 5.41) is 9.19. The third-order valence-electron chi connectivity index (χ3n) is 5.87. The summed E-state index contributed by atoms with van der Waals surface area (Å²) in [4.78, 5) is 14.7. The third-order valence-corrected chi connectivity index (χ3v) is 5.87. The summed E-state index contributed by atoms with van der Waals surface area (Å²) in [7, 11) is 0. The Balaban J connectivity index is 1.52. The minimum Gasteiger partial charge on any atom is -0.459 e. The molecule has 1 N–H and O–H groups in total. The van der Waals surface area contributed by atoms with Crippen molar-refractivity contribution in [3.05, 3.63) is 82.6 Å². The highest BCUT2D eigenvalue weighted by Gasteiger charge is 2.33. The van der Waals surface area contributed by atoms with Crippen LogP contribution in [0.4, 0.5) is 13.2 Å². The maximum absolute atomic E-state index is 13.1. The fraction of sp³-hybridized carbons (Fsp3) is 0.400. The van der Waals surface area contributed by atoms with Crippen molar-refractivity contribution in [2.75, 3.05) is 26.3 Å². The molecular weight excluding hydrogens is 451 g/mol. The van der Waals surface area contributed by atoms with Gasteiger partial charge in [-0.15, -0.1) is 0 Å². The molecule has 0 radical (unpaired) electrons. The summed E-state index contributed by atoms with van der Waals surface area (Å²) < 4.78 is 56.1. The van der Waals surface area contributed by atoms with Gasteiger partial charge in [-0.25, -0.2) is 0 Å². The highest BCUT2D eigenvalue weighted by Crippen LogP contribution is 2.35.